The molecule has 108 valence electrons. The molecule has 1 aromatic carbocycles. The maximum atomic E-state index is 12.1. The van der Waals surface area contributed by atoms with Gasteiger partial charge in [0.2, 0.25) is 11.8 Å². The molecule has 0 aliphatic carbocycles. The van der Waals surface area contributed by atoms with Gasteiger partial charge in [0.15, 0.2) is 0 Å². The van der Waals surface area contributed by atoms with Crippen LogP contribution in [0.1, 0.15) is 38.7 Å². The van der Waals surface area contributed by atoms with Gasteiger partial charge < -0.3 is 16.4 Å². The highest BCUT2D eigenvalue weighted by Crippen LogP contribution is 2.26. The van der Waals surface area contributed by atoms with Crippen molar-refractivity contribution in [2.24, 2.45) is 5.73 Å². The molecule has 0 radical (unpaired) electrons. The summed E-state index contributed by atoms with van der Waals surface area (Å²) in [4.78, 5) is 23.4. The van der Waals surface area contributed by atoms with Gasteiger partial charge in [-0.3, -0.25) is 9.59 Å². The molecule has 1 heterocycles. The fraction of sp³-hybridized carbons (Fsp3) is 0.467. The van der Waals surface area contributed by atoms with E-state index in [4.69, 9.17) is 5.73 Å². The van der Waals surface area contributed by atoms with Crippen LogP contribution < -0.4 is 16.4 Å². The van der Waals surface area contributed by atoms with Gasteiger partial charge in [0.25, 0.3) is 0 Å². The minimum atomic E-state index is -0.862. The van der Waals surface area contributed by atoms with Crippen molar-refractivity contribution in [2.45, 2.75) is 45.1 Å². The summed E-state index contributed by atoms with van der Waals surface area (Å²) >= 11 is 0. The molecule has 5 heteroatoms. The zero-order valence-electron chi connectivity index (χ0n) is 12.0. The minimum Gasteiger partial charge on any atom is -0.326 e. The highest BCUT2D eigenvalue weighted by atomic mass is 16.2. The Bertz CT molecular complexity index is 538. The largest absolute Gasteiger partial charge is 0.326 e. The summed E-state index contributed by atoms with van der Waals surface area (Å²) in [6.07, 6.45) is 2.67. The number of hydrogen-bond acceptors (Lipinski definition) is 3. The highest BCUT2D eigenvalue weighted by molar-refractivity contribution is 5.99. The fourth-order valence-electron chi connectivity index (χ4n) is 2.37. The topological polar surface area (TPSA) is 84.2 Å². The Labute approximate surface area is 118 Å². The van der Waals surface area contributed by atoms with Gasteiger partial charge in [0.05, 0.1) is 5.54 Å². The predicted molar refractivity (Wildman–Crippen MR) is 79.5 cm³/mol. The molecule has 0 fully saturated rings. The van der Waals surface area contributed by atoms with Crippen molar-refractivity contribution in [3.63, 3.8) is 0 Å². The second-order valence-corrected chi connectivity index (χ2v) is 5.54. The average molecular weight is 275 g/mol. The number of nitrogens with one attached hydrogen (secondary N) is 2. The summed E-state index contributed by atoms with van der Waals surface area (Å²) in [6.45, 7) is 3.74. The van der Waals surface area contributed by atoms with Crippen molar-refractivity contribution in [3.8, 4) is 0 Å². The van der Waals surface area contributed by atoms with E-state index in [9.17, 15) is 9.59 Å². The summed E-state index contributed by atoms with van der Waals surface area (Å²) in [5.74, 6) is -0.147. The maximum absolute atomic E-state index is 12.1. The molecule has 0 saturated heterocycles. The van der Waals surface area contributed by atoms with Crippen molar-refractivity contribution in [1.82, 2.24) is 0 Å². The predicted octanol–water partition coefficient (Wildman–Crippen LogP) is 2.03. The zero-order valence-corrected chi connectivity index (χ0v) is 12.0. The second-order valence-electron chi connectivity index (χ2n) is 5.54. The van der Waals surface area contributed by atoms with Crippen LogP contribution in [0.25, 0.3) is 0 Å². The van der Waals surface area contributed by atoms with E-state index < -0.39 is 5.54 Å². The first kappa shape index (κ1) is 14.5. The Morgan fingerprint density at radius 2 is 2.20 bits per heavy atom. The standard InChI is InChI=1S/C15H21N3O2/c1-3-8-15(2,16)14(20)17-11-5-6-12-10(9-11)4-7-13(19)18-12/h5-6,9H,3-4,7-8,16H2,1-2H3,(H,17,20)(H,18,19). The first-order valence-corrected chi connectivity index (χ1v) is 6.95. The Morgan fingerprint density at radius 3 is 2.90 bits per heavy atom. The Kier molecular flexibility index (Phi) is 4.09. The number of benzene rings is 1. The molecule has 0 saturated carbocycles. The molecule has 2 amide bonds. The third-order valence-corrected chi connectivity index (χ3v) is 3.55. The number of nitrogens with two attached hydrogens (primary N) is 1. The van der Waals surface area contributed by atoms with Crippen molar-refractivity contribution in [1.29, 1.82) is 0 Å². The average Bonchev–Trinajstić information content (AvgIpc) is 2.39. The molecular formula is C15H21N3O2. The van der Waals surface area contributed by atoms with Crippen LogP contribution in [0.15, 0.2) is 18.2 Å². The molecule has 0 bridgehead atoms. The van der Waals surface area contributed by atoms with Crippen molar-refractivity contribution in [2.75, 3.05) is 10.6 Å². The third kappa shape index (κ3) is 3.17. The van der Waals surface area contributed by atoms with Crippen molar-refractivity contribution < 1.29 is 9.59 Å². The molecule has 1 aromatic rings. The first-order chi connectivity index (χ1) is 9.42. The van der Waals surface area contributed by atoms with Gasteiger partial charge in [0, 0.05) is 17.8 Å². The quantitative estimate of drug-likeness (QED) is 0.786. The second kappa shape index (κ2) is 5.63. The number of rotatable bonds is 4. The summed E-state index contributed by atoms with van der Waals surface area (Å²) in [5, 5.41) is 5.67. The lowest BCUT2D eigenvalue weighted by Gasteiger charge is -2.23. The number of aryl methyl sites for hydroxylation is 1. The van der Waals surface area contributed by atoms with Gasteiger partial charge in [-0.25, -0.2) is 0 Å². The summed E-state index contributed by atoms with van der Waals surface area (Å²) < 4.78 is 0. The summed E-state index contributed by atoms with van der Waals surface area (Å²) in [6, 6.07) is 5.49. The van der Waals surface area contributed by atoms with E-state index >= 15 is 0 Å². The van der Waals surface area contributed by atoms with E-state index in [-0.39, 0.29) is 11.8 Å². The van der Waals surface area contributed by atoms with Crippen molar-refractivity contribution >= 4 is 23.2 Å². The maximum Gasteiger partial charge on any atom is 0.244 e. The molecule has 0 aromatic heterocycles. The lowest BCUT2D eigenvalue weighted by Crippen LogP contribution is -2.48. The van der Waals surface area contributed by atoms with E-state index in [1.807, 2.05) is 19.1 Å². The Balaban J connectivity index is 2.11. The molecule has 4 N–H and O–H groups in total. The number of carbonyl (C=O) groups excluding carboxylic acids is 2. The molecule has 1 aliphatic rings. The third-order valence-electron chi connectivity index (χ3n) is 3.55. The first-order valence-electron chi connectivity index (χ1n) is 6.95. The minimum absolute atomic E-state index is 0.0340. The molecular weight excluding hydrogens is 254 g/mol. The van der Waals surface area contributed by atoms with E-state index in [2.05, 4.69) is 10.6 Å². The fourth-order valence-corrected chi connectivity index (χ4v) is 2.37. The van der Waals surface area contributed by atoms with Crippen LogP contribution in [0.2, 0.25) is 0 Å². The van der Waals surface area contributed by atoms with E-state index in [0.29, 0.717) is 19.3 Å². The van der Waals surface area contributed by atoms with Crippen LogP contribution in [-0.2, 0) is 16.0 Å². The summed E-state index contributed by atoms with van der Waals surface area (Å²) in [5.41, 5.74) is 7.72. The molecule has 2 rings (SSSR count). The monoisotopic (exact) mass is 275 g/mol. The van der Waals surface area contributed by atoms with Gasteiger partial charge in [0.1, 0.15) is 0 Å². The van der Waals surface area contributed by atoms with Crippen LogP contribution in [0.3, 0.4) is 0 Å². The number of fused-ring (bicyclic) bond motifs is 1. The van der Waals surface area contributed by atoms with Crippen LogP contribution in [0.5, 0.6) is 0 Å². The lowest BCUT2D eigenvalue weighted by atomic mass is 9.96. The number of amides is 2. The normalized spacial score (nSPS) is 16.9. The van der Waals surface area contributed by atoms with Crippen LogP contribution in [0, 0.1) is 0 Å². The molecule has 20 heavy (non-hydrogen) atoms. The van der Waals surface area contributed by atoms with Gasteiger partial charge in [-0.15, -0.1) is 0 Å². The Hall–Kier alpha value is -1.88. The van der Waals surface area contributed by atoms with Crippen molar-refractivity contribution in [3.05, 3.63) is 23.8 Å². The van der Waals surface area contributed by atoms with Gasteiger partial charge in [-0.2, -0.15) is 0 Å². The van der Waals surface area contributed by atoms with Crippen LogP contribution in [-0.4, -0.2) is 17.4 Å². The van der Waals surface area contributed by atoms with Crippen LogP contribution >= 0.6 is 0 Å². The number of carbonyl (C=O) groups is 2. The number of hydrogen-bond donors (Lipinski definition) is 3. The highest BCUT2D eigenvalue weighted by Gasteiger charge is 2.27. The van der Waals surface area contributed by atoms with E-state index in [0.717, 1.165) is 23.4 Å². The Morgan fingerprint density at radius 1 is 1.45 bits per heavy atom. The van der Waals surface area contributed by atoms with Crippen LogP contribution in [0.4, 0.5) is 11.4 Å². The van der Waals surface area contributed by atoms with Gasteiger partial charge in [-0.05, 0) is 43.5 Å². The molecule has 1 atom stereocenters. The molecule has 0 spiro atoms. The van der Waals surface area contributed by atoms with Gasteiger partial charge >= 0.3 is 0 Å². The van der Waals surface area contributed by atoms with E-state index in [1.165, 1.54) is 0 Å². The molecule has 1 unspecified atom stereocenters. The van der Waals surface area contributed by atoms with Gasteiger partial charge in [-0.1, -0.05) is 13.3 Å². The lowest BCUT2D eigenvalue weighted by molar-refractivity contribution is -0.121. The molecule has 1 aliphatic heterocycles. The molecule has 5 nitrogen and oxygen atoms in total. The smallest absolute Gasteiger partial charge is 0.244 e. The zero-order chi connectivity index (χ0) is 14.8. The SMILES string of the molecule is CCCC(C)(N)C(=O)Nc1ccc2c(c1)CCC(=O)N2. The summed E-state index contributed by atoms with van der Waals surface area (Å²) in [7, 11) is 0. The van der Waals surface area contributed by atoms with E-state index in [1.54, 1.807) is 13.0 Å². The number of anilines is 2.